The molecule has 0 aliphatic rings. The van der Waals surface area contributed by atoms with Crippen molar-refractivity contribution in [2.24, 2.45) is 0 Å². The summed E-state index contributed by atoms with van der Waals surface area (Å²) >= 11 is 1.94. The van der Waals surface area contributed by atoms with Crippen molar-refractivity contribution in [2.45, 2.75) is 69.9 Å². The lowest BCUT2D eigenvalue weighted by Gasteiger charge is -2.31. The van der Waals surface area contributed by atoms with Crippen LogP contribution in [0.4, 0.5) is 0 Å². The first-order valence-electron chi connectivity index (χ1n) is 6.88. The molecule has 0 aromatic rings. The predicted octanol–water partition coefficient (Wildman–Crippen LogP) is 3.23. The standard InChI is InChI=1S/C14H29NO2S/c1-7-9-15-14(5,13(16)17-6)10-12(4)18-11(3)8-2/h11-12,15H,7-10H2,1-6H3. The molecule has 18 heavy (non-hydrogen) atoms. The van der Waals surface area contributed by atoms with Gasteiger partial charge in [-0.2, -0.15) is 11.8 Å². The van der Waals surface area contributed by atoms with Crippen molar-refractivity contribution in [3.63, 3.8) is 0 Å². The molecule has 1 N–H and O–H groups in total. The Hall–Kier alpha value is -0.220. The van der Waals surface area contributed by atoms with Crippen LogP contribution in [0.15, 0.2) is 0 Å². The van der Waals surface area contributed by atoms with E-state index in [4.69, 9.17) is 4.74 Å². The fourth-order valence-electron chi connectivity index (χ4n) is 1.97. The summed E-state index contributed by atoms with van der Waals surface area (Å²) in [4.78, 5) is 11.9. The minimum atomic E-state index is -0.565. The van der Waals surface area contributed by atoms with Crippen molar-refractivity contribution >= 4 is 17.7 Å². The van der Waals surface area contributed by atoms with Crippen molar-refractivity contribution in [1.29, 1.82) is 0 Å². The van der Waals surface area contributed by atoms with Crippen LogP contribution in [0.3, 0.4) is 0 Å². The minimum absolute atomic E-state index is 0.160. The van der Waals surface area contributed by atoms with Crippen LogP contribution in [0, 0.1) is 0 Å². The molecule has 3 nitrogen and oxygen atoms in total. The zero-order valence-electron chi connectivity index (χ0n) is 12.7. The normalized spacial score (nSPS) is 17.9. The molecule has 108 valence electrons. The maximum absolute atomic E-state index is 11.9. The Bertz CT molecular complexity index is 248. The highest BCUT2D eigenvalue weighted by Gasteiger charge is 2.35. The fourth-order valence-corrected chi connectivity index (χ4v) is 3.38. The molecular weight excluding hydrogens is 246 g/mol. The maximum atomic E-state index is 11.9. The highest BCUT2D eigenvalue weighted by Crippen LogP contribution is 2.27. The van der Waals surface area contributed by atoms with Crippen molar-refractivity contribution < 1.29 is 9.53 Å². The molecule has 0 amide bonds. The molecule has 0 saturated heterocycles. The lowest BCUT2D eigenvalue weighted by Crippen LogP contribution is -2.52. The van der Waals surface area contributed by atoms with Gasteiger partial charge in [0.1, 0.15) is 5.54 Å². The third kappa shape index (κ3) is 6.10. The maximum Gasteiger partial charge on any atom is 0.325 e. The lowest BCUT2D eigenvalue weighted by atomic mass is 9.96. The van der Waals surface area contributed by atoms with E-state index in [0.29, 0.717) is 10.5 Å². The van der Waals surface area contributed by atoms with E-state index in [0.717, 1.165) is 25.8 Å². The number of carbonyl (C=O) groups is 1. The molecule has 0 saturated carbocycles. The van der Waals surface area contributed by atoms with Gasteiger partial charge in [-0.25, -0.2) is 0 Å². The zero-order valence-corrected chi connectivity index (χ0v) is 13.5. The second-order valence-electron chi connectivity index (χ2n) is 5.12. The van der Waals surface area contributed by atoms with Crippen LogP contribution >= 0.6 is 11.8 Å². The quantitative estimate of drug-likeness (QED) is 0.656. The Labute approximate surface area is 116 Å². The number of methoxy groups -OCH3 is 1. The van der Waals surface area contributed by atoms with E-state index in [1.54, 1.807) is 0 Å². The highest BCUT2D eigenvalue weighted by molar-refractivity contribution is 8.00. The average Bonchev–Trinajstić information content (AvgIpc) is 2.34. The van der Waals surface area contributed by atoms with Crippen LogP contribution in [0.25, 0.3) is 0 Å². The number of carbonyl (C=O) groups excluding carboxylic acids is 1. The summed E-state index contributed by atoms with van der Waals surface area (Å²) in [7, 11) is 1.46. The second kappa shape index (κ2) is 8.81. The van der Waals surface area contributed by atoms with E-state index in [1.807, 2.05) is 18.7 Å². The third-order valence-corrected chi connectivity index (χ3v) is 4.57. The average molecular weight is 275 g/mol. The Kier molecular flexibility index (Phi) is 8.70. The molecule has 3 atom stereocenters. The van der Waals surface area contributed by atoms with Crippen molar-refractivity contribution in [3.8, 4) is 0 Å². The molecule has 4 heteroatoms. The van der Waals surface area contributed by atoms with Gasteiger partial charge in [-0.3, -0.25) is 4.79 Å². The van der Waals surface area contributed by atoms with Gasteiger partial charge in [0.25, 0.3) is 0 Å². The van der Waals surface area contributed by atoms with Gasteiger partial charge < -0.3 is 10.1 Å². The van der Waals surface area contributed by atoms with Gasteiger partial charge in [-0.05, 0) is 32.7 Å². The monoisotopic (exact) mass is 275 g/mol. The number of esters is 1. The SMILES string of the molecule is CCCNC(C)(CC(C)SC(C)CC)C(=O)OC. The summed E-state index contributed by atoms with van der Waals surface area (Å²) in [6.07, 6.45) is 2.97. The Morgan fingerprint density at radius 2 is 1.94 bits per heavy atom. The fraction of sp³-hybridized carbons (Fsp3) is 0.929. The Balaban J connectivity index is 4.52. The largest absolute Gasteiger partial charge is 0.468 e. The predicted molar refractivity (Wildman–Crippen MR) is 80.1 cm³/mol. The van der Waals surface area contributed by atoms with Gasteiger partial charge in [0, 0.05) is 10.5 Å². The number of hydrogen-bond donors (Lipinski definition) is 1. The summed E-state index contributed by atoms with van der Waals surface area (Å²) in [6, 6.07) is 0. The molecule has 0 fully saturated rings. The lowest BCUT2D eigenvalue weighted by molar-refractivity contribution is -0.148. The topological polar surface area (TPSA) is 38.3 Å². The van der Waals surface area contributed by atoms with Crippen LogP contribution in [0.2, 0.25) is 0 Å². The number of thioether (sulfide) groups is 1. The minimum Gasteiger partial charge on any atom is -0.468 e. The summed E-state index contributed by atoms with van der Waals surface area (Å²) in [5.41, 5.74) is -0.565. The Morgan fingerprint density at radius 3 is 2.39 bits per heavy atom. The molecule has 0 aliphatic heterocycles. The summed E-state index contributed by atoms with van der Waals surface area (Å²) < 4.78 is 4.93. The van der Waals surface area contributed by atoms with Gasteiger partial charge in [-0.1, -0.05) is 27.7 Å². The number of hydrogen-bond acceptors (Lipinski definition) is 4. The first-order chi connectivity index (χ1) is 8.39. The van der Waals surface area contributed by atoms with Gasteiger partial charge in [0.05, 0.1) is 7.11 Å². The van der Waals surface area contributed by atoms with Crippen molar-refractivity contribution in [1.82, 2.24) is 5.32 Å². The summed E-state index contributed by atoms with van der Waals surface area (Å²) in [5, 5.41) is 4.40. The molecule has 0 heterocycles. The Morgan fingerprint density at radius 1 is 1.33 bits per heavy atom. The van der Waals surface area contributed by atoms with Gasteiger partial charge >= 0.3 is 5.97 Å². The van der Waals surface area contributed by atoms with E-state index < -0.39 is 5.54 Å². The molecule has 0 bridgehead atoms. The summed E-state index contributed by atoms with van der Waals surface area (Å²) in [6.45, 7) is 11.5. The molecule has 0 radical (unpaired) electrons. The molecule has 0 aromatic carbocycles. The molecule has 3 unspecified atom stereocenters. The van der Waals surface area contributed by atoms with Crippen LogP contribution in [0.1, 0.15) is 53.9 Å². The van der Waals surface area contributed by atoms with Crippen LogP contribution in [-0.2, 0) is 9.53 Å². The second-order valence-corrected chi connectivity index (χ2v) is 7.00. The van der Waals surface area contributed by atoms with Crippen LogP contribution in [-0.4, -0.2) is 35.7 Å². The number of ether oxygens (including phenoxy) is 1. The number of nitrogens with one attached hydrogen (secondary N) is 1. The molecule has 0 spiro atoms. The van der Waals surface area contributed by atoms with Crippen LogP contribution < -0.4 is 5.32 Å². The molecular formula is C14H29NO2S. The first-order valence-corrected chi connectivity index (χ1v) is 7.82. The summed E-state index contributed by atoms with van der Waals surface area (Å²) in [5.74, 6) is -0.160. The first kappa shape index (κ1) is 17.8. The van der Waals surface area contributed by atoms with Crippen molar-refractivity contribution in [3.05, 3.63) is 0 Å². The van der Waals surface area contributed by atoms with E-state index in [1.165, 1.54) is 7.11 Å². The number of rotatable bonds is 9. The molecule has 0 rings (SSSR count). The van der Waals surface area contributed by atoms with Crippen molar-refractivity contribution in [2.75, 3.05) is 13.7 Å². The van der Waals surface area contributed by atoms with E-state index in [-0.39, 0.29) is 5.97 Å². The van der Waals surface area contributed by atoms with E-state index in [2.05, 4.69) is 33.0 Å². The van der Waals surface area contributed by atoms with E-state index in [9.17, 15) is 4.79 Å². The van der Waals surface area contributed by atoms with E-state index >= 15 is 0 Å². The van der Waals surface area contributed by atoms with Gasteiger partial charge in [0.2, 0.25) is 0 Å². The zero-order chi connectivity index (χ0) is 14.2. The smallest absolute Gasteiger partial charge is 0.325 e. The third-order valence-electron chi connectivity index (χ3n) is 3.14. The van der Waals surface area contributed by atoms with Gasteiger partial charge in [-0.15, -0.1) is 0 Å². The van der Waals surface area contributed by atoms with Gasteiger partial charge in [0.15, 0.2) is 0 Å². The highest BCUT2D eigenvalue weighted by atomic mass is 32.2. The molecule has 0 aliphatic carbocycles. The van der Waals surface area contributed by atoms with Crippen LogP contribution in [0.5, 0.6) is 0 Å². The molecule has 0 aromatic heterocycles.